The van der Waals surface area contributed by atoms with Crippen LogP contribution in [0.5, 0.6) is 0 Å². The summed E-state index contributed by atoms with van der Waals surface area (Å²) in [5, 5.41) is 0. The van der Waals surface area contributed by atoms with Crippen LogP contribution in [0.1, 0.15) is 14.5 Å². The molecule has 0 aliphatic rings. The van der Waals surface area contributed by atoms with Gasteiger partial charge in [0.05, 0.1) is 4.88 Å². The Balaban J connectivity index is 3.06. The number of hydrogen-bond acceptors (Lipinski definition) is 2. The van der Waals surface area contributed by atoms with Crippen LogP contribution in [0, 0.1) is 6.92 Å². The number of carbonyl (C=O) groups is 1. The number of rotatable bonds is 2. The highest BCUT2D eigenvalue weighted by atomic mass is 79.9. The first-order chi connectivity index (χ1) is 5.15. The van der Waals surface area contributed by atoms with Crippen LogP contribution in [0.15, 0.2) is 23.2 Å². The second-order valence-corrected chi connectivity index (χ2v) is 4.19. The molecular weight excluding hydrogens is 224 g/mol. The zero-order valence-electron chi connectivity index (χ0n) is 6.06. The quantitative estimate of drug-likeness (QED) is 0.564. The fraction of sp³-hybridized carbons (Fsp3) is 0.125. The van der Waals surface area contributed by atoms with Crippen LogP contribution in [0.3, 0.4) is 0 Å². The molecule has 1 aromatic rings. The van der Waals surface area contributed by atoms with Gasteiger partial charge in [0.15, 0.2) is 5.78 Å². The minimum absolute atomic E-state index is 0.0104. The largest absolute Gasteiger partial charge is 0.288 e. The predicted octanol–water partition coefficient (Wildman–Crippen LogP) is 3.19. The molecule has 0 bridgehead atoms. The topological polar surface area (TPSA) is 17.1 Å². The molecule has 0 radical (unpaired) electrons. The van der Waals surface area contributed by atoms with E-state index in [1.54, 1.807) is 0 Å². The molecular formula is C8H7BrOS. The van der Waals surface area contributed by atoms with Gasteiger partial charge in [0.1, 0.15) is 0 Å². The number of aryl methyl sites for hydroxylation is 1. The molecule has 0 saturated heterocycles. The molecule has 0 aliphatic carbocycles. The number of carbonyl (C=O) groups excluding carboxylic acids is 1. The number of allylic oxidation sites excluding steroid dienone is 1. The van der Waals surface area contributed by atoms with Crippen molar-refractivity contribution in [3.05, 3.63) is 32.9 Å². The van der Waals surface area contributed by atoms with Crippen molar-refractivity contribution in [3.63, 3.8) is 0 Å². The Hall–Kier alpha value is -0.410. The smallest absolute Gasteiger partial charge is 0.195 e. The van der Waals surface area contributed by atoms with E-state index in [1.165, 1.54) is 17.4 Å². The number of ketones is 1. The standard InChI is InChI=1S/C8H7BrOS/c1-3-7(10)8-4-6(9)5(2)11-8/h3-4H,1H2,2H3. The van der Waals surface area contributed by atoms with E-state index in [1.807, 2.05) is 13.0 Å². The van der Waals surface area contributed by atoms with Crippen LogP contribution in [-0.4, -0.2) is 5.78 Å². The maximum Gasteiger partial charge on any atom is 0.195 e. The third-order valence-corrected chi connectivity index (χ3v) is 3.44. The highest BCUT2D eigenvalue weighted by Crippen LogP contribution is 2.26. The first-order valence-electron chi connectivity index (χ1n) is 3.08. The van der Waals surface area contributed by atoms with Gasteiger partial charge in [-0.25, -0.2) is 0 Å². The first-order valence-corrected chi connectivity index (χ1v) is 4.69. The average molecular weight is 231 g/mol. The lowest BCUT2D eigenvalue weighted by molar-refractivity contribution is 0.105. The molecule has 1 heterocycles. The minimum Gasteiger partial charge on any atom is -0.288 e. The van der Waals surface area contributed by atoms with Gasteiger partial charge in [0.25, 0.3) is 0 Å². The van der Waals surface area contributed by atoms with Gasteiger partial charge in [-0.1, -0.05) is 6.58 Å². The second-order valence-electron chi connectivity index (χ2n) is 2.08. The summed E-state index contributed by atoms with van der Waals surface area (Å²) < 4.78 is 0.993. The Labute approximate surface area is 77.9 Å². The lowest BCUT2D eigenvalue weighted by Gasteiger charge is -1.83. The average Bonchev–Trinajstić information content (AvgIpc) is 2.31. The molecule has 1 aromatic heterocycles. The summed E-state index contributed by atoms with van der Waals surface area (Å²) in [5.74, 6) is -0.0104. The van der Waals surface area contributed by atoms with Crippen molar-refractivity contribution in [2.24, 2.45) is 0 Å². The second kappa shape index (κ2) is 3.32. The molecule has 0 unspecified atom stereocenters. The van der Waals surface area contributed by atoms with E-state index >= 15 is 0 Å². The third kappa shape index (κ3) is 1.79. The van der Waals surface area contributed by atoms with Gasteiger partial charge in [-0.2, -0.15) is 0 Å². The van der Waals surface area contributed by atoms with Crippen molar-refractivity contribution in [2.75, 3.05) is 0 Å². The summed E-state index contributed by atoms with van der Waals surface area (Å²) in [6, 6.07) is 1.82. The molecule has 1 rings (SSSR count). The lowest BCUT2D eigenvalue weighted by Crippen LogP contribution is -1.86. The van der Waals surface area contributed by atoms with Gasteiger partial charge in [-0.15, -0.1) is 11.3 Å². The van der Waals surface area contributed by atoms with Crippen molar-refractivity contribution in [1.29, 1.82) is 0 Å². The van der Waals surface area contributed by atoms with Crippen LogP contribution in [-0.2, 0) is 0 Å². The zero-order valence-corrected chi connectivity index (χ0v) is 8.46. The van der Waals surface area contributed by atoms with E-state index in [2.05, 4.69) is 22.5 Å². The molecule has 1 nitrogen and oxygen atoms in total. The van der Waals surface area contributed by atoms with Crippen LogP contribution in [0.25, 0.3) is 0 Å². The fourth-order valence-corrected chi connectivity index (χ4v) is 2.15. The molecule has 0 aliphatic heterocycles. The van der Waals surface area contributed by atoms with E-state index in [0.29, 0.717) is 0 Å². The molecule has 0 saturated carbocycles. The Bertz CT molecular complexity index is 282. The highest BCUT2D eigenvalue weighted by Gasteiger charge is 2.06. The van der Waals surface area contributed by atoms with Gasteiger partial charge in [0, 0.05) is 9.35 Å². The maximum atomic E-state index is 11.1. The first kappa shape index (κ1) is 8.68. The van der Waals surface area contributed by atoms with E-state index < -0.39 is 0 Å². The summed E-state index contributed by atoms with van der Waals surface area (Å²) in [7, 11) is 0. The van der Waals surface area contributed by atoms with Crippen LogP contribution in [0.2, 0.25) is 0 Å². The zero-order chi connectivity index (χ0) is 8.43. The van der Waals surface area contributed by atoms with Crippen LogP contribution < -0.4 is 0 Å². The van der Waals surface area contributed by atoms with E-state index in [-0.39, 0.29) is 5.78 Å². The minimum atomic E-state index is -0.0104. The van der Waals surface area contributed by atoms with Gasteiger partial charge in [-0.05, 0) is 35.0 Å². The van der Waals surface area contributed by atoms with Crippen molar-refractivity contribution in [3.8, 4) is 0 Å². The van der Waals surface area contributed by atoms with Crippen LogP contribution in [0.4, 0.5) is 0 Å². The summed E-state index contributed by atoms with van der Waals surface area (Å²) in [6.45, 7) is 5.38. The molecule has 0 aromatic carbocycles. The fourth-order valence-electron chi connectivity index (χ4n) is 0.682. The van der Waals surface area contributed by atoms with Gasteiger partial charge >= 0.3 is 0 Å². The Morgan fingerprint density at radius 2 is 2.45 bits per heavy atom. The molecule has 0 atom stereocenters. The van der Waals surface area contributed by atoms with E-state index in [9.17, 15) is 4.79 Å². The maximum absolute atomic E-state index is 11.1. The summed E-state index contributed by atoms with van der Waals surface area (Å²) >= 11 is 4.82. The highest BCUT2D eigenvalue weighted by molar-refractivity contribution is 9.10. The van der Waals surface area contributed by atoms with Gasteiger partial charge in [0.2, 0.25) is 0 Å². The molecule has 0 spiro atoms. The Morgan fingerprint density at radius 3 is 2.82 bits per heavy atom. The number of thiophene rings is 1. The van der Waals surface area contributed by atoms with Crippen molar-refractivity contribution in [1.82, 2.24) is 0 Å². The molecule has 3 heteroatoms. The number of halogens is 1. The van der Waals surface area contributed by atoms with Crippen molar-refractivity contribution in [2.45, 2.75) is 6.92 Å². The molecule has 0 fully saturated rings. The monoisotopic (exact) mass is 230 g/mol. The lowest BCUT2D eigenvalue weighted by atomic mass is 10.3. The van der Waals surface area contributed by atoms with Crippen molar-refractivity contribution >= 4 is 33.0 Å². The third-order valence-electron chi connectivity index (χ3n) is 1.29. The van der Waals surface area contributed by atoms with Gasteiger partial charge in [-0.3, -0.25) is 4.79 Å². The normalized spacial score (nSPS) is 9.64. The Morgan fingerprint density at radius 1 is 1.82 bits per heavy atom. The Kier molecular flexibility index (Phi) is 2.62. The number of hydrogen-bond donors (Lipinski definition) is 0. The van der Waals surface area contributed by atoms with Crippen LogP contribution >= 0.6 is 27.3 Å². The summed E-state index contributed by atoms with van der Waals surface area (Å²) in [5.41, 5.74) is 0. The molecule has 58 valence electrons. The molecule has 0 N–H and O–H groups in total. The summed E-state index contributed by atoms with van der Waals surface area (Å²) in [6.07, 6.45) is 1.33. The summed E-state index contributed by atoms with van der Waals surface area (Å²) in [4.78, 5) is 12.9. The SMILES string of the molecule is C=CC(=O)c1cc(Br)c(C)s1. The molecule has 0 amide bonds. The van der Waals surface area contributed by atoms with E-state index in [0.717, 1.165) is 14.2 Å². The van der Waals surface area contributed by atoms with Crippen molar-refractivity contribution < 1.29 is 4.79 Å². The van der Waals surface area contributed by atoms with Gasteiger partial charge < -0.3 is 0 Å². The predicted molar refractivity (Wildman–Crippen MR) is 51.3 cm³/mol. The molecule has 11 heavy (non-hydrogen) atoms. The van der Waals surface area contributed by atoms with E-state index in [4.69, 9.17) is 0 Å².